The van der Waals surface area contributed by atoms with Gasteiger partial charge < -0.3 is 18.9 Å². The Morgan fingerprint density at radius 3 is 2.00 bits per heavy atom. The third kappa shape index (κ3) is 5.26. The number of rotatable bonds is 8. The van der Waals surface area contributed by atoms with Crippen molar-refractivity contribution in [2.24, 2.45) is 5.92 Å². The van der Waals surface area contributed by atoms with E-state index < -0.39 is 59.6 Å². The van der Waals surface area contributed by atoms with Crippen molar-refractivity contribution in [2.45, 2.75) is 32.2 Å². The highest BCUT2D eigenvalue weighted by Crippen LogP contribution is 2.38. The minimum atomic E-state index is -4.64. The van der Waals surface area contributed by atoms with Gasteiger partial charge in [0, 0.05) is 23.6 Å². The molecular formula is C21H19F7O4. The zero-order valence-corrected chi connectivity index (χ0v) is 16.8. The van der Waals surface area contributed by atoms with Crippen LogP contribution in [0.25, 0.3) is 0 Å². The maximum absolute atomic E-state index is 14.5. The molecule has 11 heteroatoms. The molecule has 1 aliphatic rings. The van der Waals surface area contributed by atoms with Crippen molar-refractivity contribution in [1.29, 1.82) is 0 Å². The second kappa shape index (κ2) is 9.95. The van der Waals surface area contributed by atoms with Gasteiger partial charge in [0.1, 0.15) is 22.9 Å². The fourth-order valence-electron chi connectivity index (χ4n) is 3.30. The van der Waals surface area contributed by atoms with E-state index in [1.807, 2.05) is 6.92 Å². The molecule has 0 atom stereocenters. The van der Waals surface area contributed by atoms with Crippen molar-refractivity contribution in [3.8, 4) is 11.5 Å². The van der Waals surface area contributed by atoms with Gasteiger partial charge in [-0.1, -0.05) is 13.3 Å². The largest absolute Gasteiger partial charge is 0.457 e. The molecule has 0 saturated carbocycles. The molecule has 0 N–H and O–H groups in total. The van der Waals surface area contributed by atoms with Crippen molar-refractivity contribution in [2.75, 3.05) is 20.1 Å². The summed E-state index contributed by atoms with van der Waals surface area (Å²) in [5.41, 5.74) is -1.93. The van der Waals surface area contributed by atoms with Crippen LogP contribution in [0.3, 0.4) is 0 Å². The molecule has 0 bridgehead atoms. The first-order chi connectivity index (χ1) is 15.2. The van der Waals surface area contributed by atoms with Gasteiger partial charge >= 0.3 is 6.11 Å². The average Bonchev–Trinajstić information content (AvgIpc) is 2.70. The van der Waals surface area contributed by atoms with Crippen LogP contribution < -0.4 is 9.47 Å². The fourth-order valence-corrected chi connectivity index (χ4v) is 3.30. The maximum Gasteiger partial charge on any atom is 0.432 e. The summed E-state index contributed by atoms with van der Waals surface area (Å²) in [5.74, 6) is -8.57. The molecule has 0 aliphatic carbocycles. The van der Waals surface area contributed by atoms with Crippen LogP contribution in [-0.2, 0) is 15.6 Å². The summed E-state index contributed by atoms with van der Waals surface area (Å²) >= 11 is 0. The van der Waals surface area contributed by atoms with Gasteiger partial charge in [-0.3, -0.25) is 0 Å². The average molecular weight is 468 g/mol. The number of benzene rings is 2. The normalized spacial score (nSPS) is 19.1. The van der Waals surface area contributed by atoms with Crippen LogP contribution in [0.1, 0.15) is 37.2 Å². The van der Waals surface area contributed by atoms with Gasteiger partial charge in [-0.25, -0.2) is 22.0 Å². The van der Waals surface area contributed by atoms with E-state index in [4.69, 9.17) is 9.47 Å². The second-order valence-corrected chi connectivity index (χ2v) is 7.10. The van der Waals surface area contributed by atoms with Gasteiger partial charge in [-0.05, 0) is 18.6 Å². The van der Waals surface area contributed by atoms with Gasteiger partial charge in [0.25, 0.3) is 0 Å². The first kappa shape index (κ1) is 24.1. The summed E-state index contributed by atoms with van der Waals surface area (Å²) in [6.45, 7) is 0.970. The lowest BCUT2D eigenvalue weighted by molar-refractivity contribution is -0.206. The van der Waals surface area contributed by atoms with E-state index in [-0.39, 0.29) is 36.8 Å². The zero-order chi connectivity index (χ0) is 23.5. The number of ether oxygens (including phenoxy) is 4. The third-order valence-electron chi connectivity index (χ3n) is 4.71. The number of hydrogen-bond donors (Lipinski definition) is 0. The quantitative estimate of drug-likeness (QED) is 0.437. The van der Waals surface area contributed by atoms with E-state index in [9.17, 15) is 30.7 Å². The number of alkyl halides is 3. The first-order valence-corrected chi connectivity index (χ1v) is 9.63. The molecule has 32 heavy (non-hydrogen) atoms. The molecular weight excluding hydrogens is 449 g/mol. The Morgan fingerprint density at radius 1 is 0.938 bits per heavy atom. The van der Waals surface area contributed by atoms with Gasteiger partial charge in [-0.2, -0.15) is 8.78 Å². The molecule has 1 aliphatic heterocycles. The minimum Gasteiger partial charge on any atom is -0.457 e. The van der Waals surface area contributed by atoms with E-state index in [0.29, 0.717) is 12.1 Å². The summed E-state index contributed by atoms with van der Waals surface area (Å²) in [6.07, 6.45) is -4.05. The molecule has 1 fully saturated rings. The van der Waals surface area contributed by atoms with Crippen LogP contribution in [0.4, 0.5) is 30.7 Å². The molecule has 2 aromatic carbocycles. The molecule has 0 spiro atoms. The first-order valence-electron chi connectivity index (χ1n) is 9.63. The number of hydrogen-bond acceptors (Lipinski definition) is 4. The van der Waals surface area contributed by atoms with E-state index >= 15 is 0 Å². The molecule has 0 amide bonds. The third-order valence-corrected chi connectivity index (χ3v) is 4.71. The lowest BCUT2D eigenvalue weighted by atomic mass is 10.0. The van der Waals surface area contributed by atoms with Gasteiger partial charge in [0.05, 0.1) is 13.2 Å². The molecule has 1 saturated heterocycles. The van der Waals surface area contributed by atoms with Crippen molar-refractivity contribution in [3.05, 3.63) is 58.7 Å². The van der Waals surface area contributed by atoms with E-state index in [0.717, 1.165) is 12.8 Å². The van der Waals surface area contributed by atoms with E-state index in [1.54, 1.807) is 0 Å². The van der Waals surface area contributed by atoms with Crippen LogP contribution in [0.2, 0.25) is 0 Å². The van der Waals surface area contributed by atoms with Gasteiger partial charge in [-0.15, -0.1) is 0 Å². The molecule has 1 heterocycles. The van der Waals surface area contributed by atoms with Crippen molar-refractivity contribution >= 4 is 0 Å². The summed E-state index contributed by atoms with van der Waals surface area (Å²) < 4.78 is 117. The van der Waals surface area contributed by atoms with Crippen LogP contribution in [-0.4, -0.2) is 20.1 Å². The lowest BCUT2D eigenvalue weighted by Crippen LogP contribution is -2.28. The highest BCUT2D eigenvalue weighted by atomic mass is 19.3. The Balaban J connectivity index is 1.81. The molecule has 0 radical (unpaired) electrons. The highest BCUT2D eigenvalue weighted by molar-refractivity contribution is 5.36. The summed E-state index contributed by atoms with van der Waals surface area (Å²) in [4.78, 5) is 0. The Labute approximate surface area is 178 Å². The predicted molar refractivity (Wildman–Crippen MR) is 96.9 cm³/mol. The van der Waals surface area contributed by atoms with Crippen molar-refractivity contribution in [1.82, 2.24) is 0 Å². The fraction of sp³-hybridized carbons (Fsp3) is 0.429. The summed E-state index contributed by atoms with van der Waals surface area (Å²) in [6, 6.07) is 1.75. The molecule has 176 valence electrons. The zero-order valence-electron chi connectivity index (χ0n) is 16.8. The number of halogens is 7. The monoisotopic (exact) mass is 468 g/mol. The summed E-state index contributed by atoms with van der Waals surface area (Å²) in [7, 11) is 0. The molecule has 2 aromatic rings. The second-order valence-electron chi connectivity index (χ2n) is 7.10. The van der Waals surface area contributed by atoms with Gasteiger partial charge in [0.15, 0.2) is 23.7 Å². The Bertz CT molecular complexity index is 900. The predicted octanol–water partition coefficient (Wildman–Crippen LogP) is 6.14. The lowest BCUT2D eigenvalue weighted by Gasteiger charge is -2.30. The molecule has 4 nitrogen and oxygen atoms in total. The Hall–Kier alpha value is -2.53. The standard InChI is InChI=1S/C21H19F7O4/c1-2-3-11-8-29-20(30-9-11)12-4-14(23)18(15(24)5-12)21(27,28)32-13-6-16(25)19(31-10-22)17(26)7-13/h4-7,11,20H,2-3,8-10H2,1H3. The minimum absolute atomic E-state index is 0.116. The van der Waals surface area contributed by atoms with Crippen molar-refractivity contribution in [3.63, 3.8) is 0 Å². The highest BCUT2D eigenvalue weighted by Gasteiger charge is 2.42. The SMILES string of the molecule is CCCC1COC(c2cc(F)c(C(F)(F)Oc3cc(F)c(OCF)c(F)c3)c(F)c2)OC1. The smallest absolute Gasteiger partial charge is 0.432 e. The van der Waals surface area contributed by atoms with Crippen LogP contribution in [0, 0.1) is 29.2 Å². The maximum atomic E-state index is 14.5. The van der Waals surface area contributed by atoms with Gasteiger partial charge in [0.2, 0.25) is 6.86 Å². The van der Waals surface area contributed by atoms with Crippen LogP contribution >= 0.6 is 0 Å². The molecule has 0 aromatic heterocycles. The van der Waals surface area contributed by atoms with E-state index in [1.165, 1.54) is 0 Å². The summed E-state index contributed by atoms with van der Waals surface area (Å²) in [5, 5.41) is 0. The van der Waals surface area contributed by atoms with Crippen LogP contribution in [0.15, 0.2) is 24.3 Å². The molecule has 0 unspecified atom stereocenters. The Kier molecular flexibility index (Phi) is 7.50. The molecule has 3 rings (SSSR count). The van der Waals surface area contributed by atoms with E-state index in [2.05, 4.69) is 9.47 Å². The Morgan fingerprint density at radius 2 is 1.50 bits per heavy atom. The topological polar surface area (TPSA) is 36.9 Å². The van der Waals surface area contributed by atoms with Crippen LogP contribution in [0.5, 0.6) is 11.5 Å². The van der Waals surface area contributed by atoms with Crippen molar-refractivity contribution < 1.29 is 49.7 Å².